The van der Waals surface area contributed by atoms with Crippen LogP contribution in [0.5, 0.6) is 0 Å². The van der Waals surface area contributed by atoms with Crippen molar-refractivity contribution in [3.05, 3.63) is 251 Å². The summed E-state index contributed by atoms with van der Waals surface area (Å²) in [5.41, 5.74) is 16.0. The Bertz CT molecular complexity index is 4680. The van der Waals surface area contributed by atoms with Crippen LogP contribution in [0.25, 0.3) is 110 Å². The van der Waals surface area contributed by atoms with E-state index in [1.54, 1.807) is 0 Å². The zero-order valence-corrected chi connectivity index (χ0v) is 41.6. The van der Waals surface area contributed by atoms with Crippen molar-refractivity contribution in [2.24, 2.45) is 4.99 Å². The Hall–Kier alpha value is -9.03. The molecule has 0 spiro atoms. The van der Waals surface area contributed by atoms with E-state index in [1.807, 2.05) is 0 Å². The van der Waals surface area contributed by atoms with Crippen molar-refractivity contribution in [3.63, 3.8) is 0 Å². The summed E-state index contributed by atoms with van der Waals surface area (Å²) >= 11 is 0. The van der Waals surface area contributed by atoms with Crippen molar-refractivity contribution in [1.29, 1.82) is 0 Å². The number of nitrogens with one attached hydrogen (secondary N) is 2. The third-order valence-corrected chi connectivity index (χ3v) is 16.8. The predicted octanol–water partition coefficient (Wildman–Crippen LogP) is 17.3. The van der Waals surface area contributed by atoms with E-state index in [0.717, 1.165) is 41.9 Å². The molecule has 3 aliphatic rings. The van der Waals surface area contributed by atoms with Gasteiger partial charge in [-0.05, 0) is 169 Å². The molecule has 0 saturated heterocycles. The average molecular weight is 962 g/mol. The number of aliphatic imine (C=N–C) groups is 1. The van der Waals surface area contributed by atoms with E-state index in [-0.39, 0.29) is 12.3 Å². The molecule has 11 aromatic carbocycles. The van der Waals surface area contributed by atoms with Gasteiger partial charge < -0.3 is 14.5 Å². The van der Waals surface area contributed by atoms with Gasteiger partial charge in [0.2, 0.25) is 0 Å². The third-order valence-electron chi connectivity index (χ3n) is 16.8. The lowest BCUT2D eigenvalue weighted by molar-refractivity contribution is 0.411. The van der Waals surface area contributed by atoms with Gasteiger partial charge >= 0.3 is 0 Å². The summed E-state index contributed by atoms with van der Waals surface area (Å²) in [7, 11) is 0. The summed E-state index contributed by atoms with van der Waals surface area (Å²) in [5.74, 6) is 1.35. The average Bonchev–Trinajstić information content (AvgIpc) is 3.98. The maximum absolute atomic E-state index is 5.65. The normalized spacial score (nSPS) is 17.4. The van der Waals surface area contributed by atoms with Crippen LogP contribution in [0.1, 0.15) is 77.0 Å². The van der Waals surface area contributed by atoms with Crippen molar-refractivity contribution < 1.29 is 0 Å². The molecule has 3 atom stereocenters. The molecular formula is C70H51N5. The summed E-state index contributed by atoms with van der Waals surface area (Å²) in [6, 6.07) is 75.0. The van der Waals surface area contributed by atoms with E-state index in [0.29, 0.717) is 5.92 Å². The van der Waals surface area contributed by atoms with Gasteiger partial charge in [0.25, 0.3) is 0 Å². The van der Waals surface area contributed by atoms with Gasteiger partial charge in [-0.25, -0.2) is 4.99 Å². The summed E-state index contributed by atoms with van der Waals surface area (Å²) in [6.07, 6.45) is 11.9. The van der Waals surface area contributed by atoms with Gasteiger partial charge in [-0.3, -0.25) is 5.32 Å². The number of aryl methyl sites for hydroxylation is 1. The predicted molar refractivity (Wildman–Crippen MR) is 316 cm³/mol. The number of aromatic nitrogens is 2. The third kappa shape index (κ3) is 6.71. The van der Waals surface area contributed by atoms with Crippen molar-refractivity contribution in [1.82, 2.24) is 19.8 Å². The first-order chi connectivity index (χ1) is 37.0. The maximum Gasteiger partial charge on any atom is 0.131 e. The zero-order valence-electron chi connectivity index (χ0n) is 41.6. The van der Waals surface area contributed by atoms with E-state index in [1.165, 1.54) is 120 Å². The molecular weight excluding hydrogens is 911 g/mol. The molecule has 5 heteroatoms. The van der Waals surface area contributed by atoms with Crippen LogP contribution in [0.15, 0.2) is 217 Å². The SMILES string of the molecule is CC1CC=Cc2c1ccc1ccc(C3NC(c4ccc5ccccc5c4)=NC(c4cc(-n5c6ccccc6c6cc7ccc(-n8c9ccccc9c9cc%10c(cc98)CCC=C%10)cc7cc65)cc5ccccc45)N3)cc21. The van der Waals surface area contributed by atoms with Crippen LogP contribution in [-0.2, 0) is 6.42 Å². The molecule has 0 radical (unpaired) electrons. The lowest BCUT2D eigenvalue weighted by Crippen LogP contribution is -2.45. The lowest BCUT2D eigenvalue weighted by atomic mass is 9.85. The fourth-order valence-electron chi connectivity index (χ4n) is 13.0. The molecule has 3 unspecified atom stereocenters. The molecule has 356 valence electrons. The van der Waals surface area contributed by atoms with E-state index in [4.69, 9.17) is 4.99 Å². The van der Waals surface area contributed by atoms with E-state index in [2.05, 4.69) is 251 Å². The monoisotopic (exact) mass is 961 g/mol. The zero-order chi connectivity index (χ0) is 49.3. The van der Waals surface area contributed by atoms with E-state index in [9.17, 15) is 0 Å². The molecule has 0 fully saturated rings. The molecule has 2 aliphatic carbocycles. The van der Waals surface area contributed by atoms with Gasteiger partial charge in [-0.2, -0.15) is 0 Å². The van der Waals surface area contributed by atoms with Crippen LogP contribution in [0.2, 0.25) is 0 Å². The standard InChI is InChI=1S/C70H51N5/c1-42-13-12-22-57-55(42)32-30-44-26-28-51(38-60(44)57)69-71-68(50-27-25-43-14-2-3-15-45(43)33-50)72-70(73-69)63-41-54(34-49-18-6-7-19-56(49)63)75-65-24-11-9-21-59(65)62-37-48-29-31-53(35-52(48)40-67(62)75)74-64-23-10-8-20-58(64)61-36-46-16-4-5-17-47(46)39-66(61)74/h2-4,6-12,14-16,18-42,69-70,73H,5,13,17H2,1H3,(H,71,72). The van der Waals surface area contributed by atoms with Gasteiger partial charge in [0.05, 0.1) is 22.1 Å². The highest BCUT2D eigenvalue weighted by Gasteiger charge is 2.29. The highest BCUT2D eigenvalue weighted by atomic mass is 15.3. The number of hydrogen-bond acceptors (Lipinski definition) is 3. The van der Waals surface area contributed by atoms with Crippen LogP contribution >= 0.6 is 0 Å². The Balaban J connectivity index is 0.881. The van der Waals surface area contributed by atoms with Crippen LogP contribution in [0.4, 0.5) is 0 Å². The fourth-order valence-corrected chi connectivity index (χ4v) is 13.0. The molecule has 0 bridgehead atoms. The van der Waals surface area contributed by atoms with Crippen LogP contribution in [0, 0.1) is 0 Å². The quantitative estimate of drug-likeness (QED) is 0.181. The van der Waals surface area contributed by atoms with Crippen LogP contribution in [0.3, 0.4) is 0 Å². The largest absolute Gasteiger partial charge is 0.350 e. The van der Waals surface area contributed by atoms with E-state index >= 15 is 0 Å². The van der Waals surface area contributed by atoms with Gasteiger partial charge in [0, 0.05) is 44.0 Å². The van der Waals surface area contributed by atoms with Crippen molar-refractivity contribution in [2.75, 3.05) is 0 Å². The van der Waals surface area contributed by atoms with Gasteiger partial charge in [-0.1, -0.05) is 159 Å². The molecule has 2 aromatic heterocycles. The Kier molecular flexibility index (Phi) is 9.34. The number of fused-ring (bicyclic) bond motifs is 13. The molecule has 1 aliphatic heterocycles. The molecule has 2 N–H and O–H groups in total. The maximum atomic E-state index is 5.65. The summed E-state index contributed by atoms with van der Waals surface area (Å²) in [4.78, 5) is 5.65. The minimum absolute atomic E-state index is 0.229. The minimum Gasteiger partial charge on any atom is -0.350 e. The molecule has 16 rings (SSSR count). The van der Waals surface area contributed by atoms with Crippen molar-refractivity contribution in [3.8, 4) is 11.4 Å². The fraction of sp³-hybridized carbons (Fsp3) is 0.100. The second-order valence-electron chi connectivity index (χ2n) is 21.1. The summed E-state index contributed by atoms with van der Waals surface area (Å²) < 4.78 is 4.97. The highest BCUT2D eigenvalue weighted by Crippen LogP contribution is 2.42. The minimum atomic E-state index is -0.382. The number of para-hydroxylation sites is 2. The van der Waals surface area contributed by atoms with Crippen LogP contribution in [-0.4, -0.2) is 15.0 Å². The first-order valence-corrected chi connectivity index (χ1v) is 26.6. The van der Waals surface area contributed by atoms with Crippen molar-refractivity contribution in [2.45, 2.75) is 44.4 Å². The number of rotatable bonds is 5. The smallest absolute Gasteiger partial charge is 0.131 e. The topological polar surface area (TPSA) is 46.3 Å². The number of benzene rings is 11. The molecule has 0 amide bonds. The van der Waals surface area contributed by atoms with E-state index < -0.39 is 0 Å². The molecule has 3 heterocycles. The number of nitrogens with zero attached hydrogens (tertiary/aromatic N) is 3. The van der Waals surface area contributed by atoms with Crippen LogP contribution < -0.4 is 10.6 Å². The first kappa shape index (κ1) is 42.5. The number of allylic oxidation sites excluding steroid dienone is 2. The molecule has 5 nitrogen and oxygen atoms in total. The Morgan fingerprint density at radius 1 is 0.467 bits per heavy atom. The Morgan fingerprint density at radius 2 is 1.16 bits per heavy atom. The second kappa shape index (κ2) is 16.5. The number of hydrogen-bond donors (Lipinski definition) is 2. The van der Waals surface area contributed by atoms with Gasteiger partial charge in [0.15, 0.2) is 0 Å². The molecule has 0 saturated carbocycles. The second-order valence-corrected chi connectivity index (χ2v) is 21.1. The van der Waals surface area contributed by atoms with Crippen molar-refractivity contribution >= 4 is 105 Å². The van der Waals surface area contributed by atoms with Gasteiger partial charge in [-0.15, -0.1) is 0 Å². The number of amidine groups is 1. The molecule has 75 heavy (non-hydrogen) atoms. The highest BCUT2D eigenvalue weighted by molar-refractivity contribution is 6.15. The first-order valence-electron chi connectivity index (χ1n) is 26.6. The Labute approximate surface area is 434 Å². The molecule has 13 aromatic rings. The summed E-state index contributed by atoms with van der Waals surface area (Å²) in [6.45, 7) is 2.34. The Morgan fingerprint density at radius 3 is 2.03 bits per heavy atom. The summed E-state index contributed by atoms with van der Waals surface area (Å²) in [5, 5.41) is 22.7. The van der Waals surface area contributed by atoms with Gasteiger partial charge in [0.1, 0.15) is 18.2 Å². The lowest BCUT2D eigenvalue weighted by Gasteiger charge is -2.33.